The van der Waals surface area contributed by atoms with Crippen LogP contribution in [0.5, 0.6) is 11.5 Å². The first-order chi connectivity index (χ1) is 10.5. The highest BCUT2D eigenvalue weighted by atomic mass is 16.7. The van der Waals surface area contributed by atoms with Gasteiger partial charge in [-0.1, -0.05) is 19.9 Å². The summed E-state index contributed by atoms with van der Waals surface area (Å²) in [7, 11) is 0. The van der Waals surface area contributed by atoms with E-state index in [0.29, 0.717) is 18.0 Å². The van der Waals surface area contributed by atoms with Gasteiger partial charge in [-0.2, -0.15) is 0 Å². The minimum absolute atomic E-state index is 0.197. The van der Waals surface area contributed by atoms with E-state index in [1.165, 1.54) is 11.0 Å². The molecule has 1 aromatic rings. The second-order valence-corrected chi connectivity index (χ2v) is 5.45. The molecule has 118 valence electrons. The van der Waals surface area contributed by atoms with Crippen LogP contribution in [0.3, 0.4) is 0 Å². The predicted molar refractivity (Wildman–Crippen MR) is 80.7 cm³/mol. The van der Waals surface area contributed by atoms with Crippen LogP contribution in [0.1, 0.15) is 19.4 Å². The molecule has 1 amide bonds. The van der Waals surface area contributed by atoms with Crippen LogP contribution in [0.15, 0.2) is 24.3 Å². The Kier molecular flexibility index (Phi) is 5.04. The van der Waals surface area contributed by atoms with Crippen molar-refractivity contribution < 1.29 is 24.2 Å². The molecule has 2 rings (SSSR count). The normalized spacial score (nSPS) is 12.9. The van der Waals surface area contributed by atoms with Crippen LogP contribution in [-0.2, 0) is 9.59 Å². The van der Waals surface area contributed by atoms with Gasteiger partial charge in [0.15, 0.2) is 11.5 Å². The van der Waals surface area contributed by atoms with Gasteiger partial charge in [0.25, 0.3) is 0 Å². The molecule has 0 radical (unpaired) electrons. The standard InChI is InChI=1S/C16H19NO5/c1-11(2)8-17(9-16(19)20)15(18)6-4-12-3-5-13-14(7-12)22-10-21-13/h3-7,11H,8-10H2,1-2H3,(H,19,20). The molecule has 1 aromatic carbocycles. The molecule has 0 unspecified atom stereocenters. The van der Waals surface area contributed by atoms with Crippen molar-refractivity contribution in [2.45, 2.75) is 13.8 Å². The zero-order chi connectivity index (χ0) is 16.1. The summed E-state index contributed by atoms with van der Waals surface area (Å²) in [4.78, 5) is 24.3. The molecule has 0 saturated heterocycles. The lowest BCUT2D eigenvalue weighted by molar-refractivity contribution is -0.143. The number of ether oxygens (including phenoxy) is 2. The van der Waals surface area contributed by atoms with E-state index in [2.05, 4.69) is 0 Å². The van der Waals surface area contributed by atoms with Crippen molar-refractivity contribution in [3.63, 3.8) is 0 Å². The maximum absolute atomic E-state index is 12.1. The topological polar surface area (TPSA) is 76.1 Å². The number of rotatable bonds is 6. The highest BCUT2D eigenvalue weighted by Crippen LogP contribution is 2.32. The van der Waals surface area contributed by atoms with Gasteiger partial charge in [-0.15, -0.1) is 0 Å². The summed E-state index contributed by atoms with van der Waals surface area (Å²) in [6.07, 6.45) is 3.02. The molecule has 1 aliphatic heterocycles. The summed E-state index contributed by atoms with van der Waals surface area (Å²) < 4.78 is 10.5. The number of carboxylic acids is 1. The first-order valence-electron chi connectivity index (χ1n) is 7.04. The molecule has 0 bridgehead atoms. The average molecular weight is 305 g/mol. The van der Waals surface area contributed by atoms with Crippen LogP contribution >= 0.6 is 0 Å². The van der Waals surface area contributed by atoms with Crippen molar-refractivity contribution >= 4 is 18.0 Å². The average Bonchev–Trinajstić information content (AvgIpc) is 2.90. The zero-order valence-electron chi connectivity index (χ0n) is 12.6. The summed E-state index contributed by atoms with van der Waals surface area (Å²) in [5.41, 5.74) is 0.789. The van der Waals surface area contributed by atoms with Gasteiger partial charge in [-0.25, -0.2) is 0 Å². The molecule has 1 aliphatic rings. The number of amides is 1. The smallest absolute Gasteiger partial charge is 0.323 e. The monoisotopic (exact) mass is 305 g/mol. The molecule has 6 heteroatoms. The van der Waals surface area contributed by atoms with E-state index >= 15 is 0 Å². The molecule has 6 nitrogen and oxygen atoms in total. The van der Waals surface area contributed by atoms with Gasteiger partial charge in [-0.3, -0.25) is 9.59 Å². The number of fused-ring (bicyclic) bond motifs is 1. The highest BCUT2D eigenvalue weighted by molar-refractivity contribution is 5.93. The Balaban J connectivity index is 2.06. The molecule has 0 aromatic heterocycles. The van der Waals surface area contributed by atoms with Crippen molar-refractivity contribution in [2.75, 3.05) is 19.9 Å². The van der Waals surface area contributed by atoms with E-state index in [4.69, 9.17) is 14.6 Å². The second-order valence-electron chi connectivity index (χ2n) is 5.45. The Bertz CT molecular complexity index is 594. The van der Waals surface area contributed by atoms with Gasteiger partial charge in [-0.05, 0) is 29.7 Å². The molecule has 0 saturated carbocycles. The maximum Gasteiger partial charge on any atom is 0.323 e. The predicted octanol–water partition coefficient (Wildman–Crippen LogP) is 2.00. The SMILES string of the molecule is CC(C)CN(CC(=O)O)C(=O)C=Cc1ccc2c(c1)OCO2. The van der Waals surface area contributed by atoms with Gasteiger partial charge in [0.1, 0.15) is 6.54 Å². The number of carboxylic acid groups (broad SMARTS) is 1. The maximum atomic E-state index is 12.1. The first-order valence-corrected chi connectivity index (χ1v) is 7.04. The lowest BCUT2D eigenvalue weighted by Gasteiger charge is -2.21. The highest BCUT2D eigenvalue weighted by Gasteiger charge is 2.16. The summed E-state index contributed by atoms with van der Waals surface area (Å²) in [5.74, 6) is 0.163. The number of carbonyl (C=O) groups excluding carboxylic acids is 1. The molecule has 0 fully saturated rings. The Morgan fingerprint density at radius 1 is 1.32 bits per heavy atom. The summed E-state index contributed by atoms with van der Waals surface area (Å²) >= 11 is 0. The number of hydrogen-bond donors (Lipinski definition) is 1. The summed E-state index contributed by atoms with van der Waals surface area (Å²) in [6.45, 7) is 4.16. The quantitative estimate of drug-likeness (QED) is 0.814. The second kappa shape index (κ2) is 6.98. The van der Waals surface area contributed by atoms with Crippen molar-refractivity contribution in [3.8, 4) is 11.5 Å². The van der Waals surface area contributed by atoms with Gasteiger partial charge in [0.2, 0.25) is 12.7 Å². The van der Waals surface area contributed by atoms with Crippen LogP contribution in [0.4, 0.5) is 0 Å². The fraction of sp³-hybridized carbons (Fsp3) is 0.375. The van der Waals surface area contributed by atoms with Crippen LogP contribution in [0.2, 0.25) is 0 Å². The van der Waals surface area contributed by atoms with Crippen LogP contribution in [-0.4, -0.2) is 41.8 Å². The van der Waals surface area contributed by atoms with Crippen molar-refractivity contribution in [1.29, 1.82) is 0 Å². The van der Waals surface area contributed by atoms with Gasteiger partial charge in [0.05, 0.1) is 0 Å². The molecule has 22 heavy (non-hydrogen) atoms. The van der Waals surface area contributed by atoms with E-state index in [9.17, 15) is 9.59 Å². The van der Waals surface area contributed by atoms with Crippen LogP contribution < -0.4 is 9.47 Å². The molecule has 0 aliphatic carbocycles. The third-order valence-electron chi connectivity index (χ3n) is 3.04. The lowest BCUT2D eigenvalue weighted by atomic mass is 10.1. The summed E-state index contributed by atoms with van der Waals surface area (Å²) in [5, 5.41) is 8.89. The number of benzene rings is 1. The van der Waals surface area contributed by atoms with Crippen molar-refractivity contribution in [1.82, 2.24) is 4.90 Å². The minimum Gasteiger partial charge on any atom is -0.480 e. The molecule has 0 spiro atoms. The van der Waals surface area contributed by atoms with Crippen LogP contribution in [0.25, 0.3) is 6.08 Å². The molecular formula is C16H19NO5. The van der Waals surface area contributed by atoms with Gasteiger partial charge < -0.3 is 19.5 Å². The lowest BCUT2D eigenvalue weighted by Crippen LogP contribution is -2.37. The fourth-order valence-electron chi connectivity index (χ4n) is 2.13. The van der Waals surface area contributed by atoms with Crippen molar-refractivity contribution in [3.05, 3.63) is 29.8 Å². The molecule has 1 N–H and O–H groups in total. The minimum atomic E-state index is -1.02. The number of nitrogens with zero attached hydrogens (tertiary/aromatic N) is 1. The number of carbonyl (C=O) groups is 2. The summed E-state index contributed by atoms with van der Waals surface area (Å²) in [6, 6.07) is 5.35. The van der Waals surface area contributed by atoms with Crippen molar-refractivity contribution in [2.24, 2.45) is 5.92 Å². The molecule has 1 heterocycles. The number of aliphatic carboxylic acids is 1. The zero-order valence-corrected chi connectivity index (χ0v) is 12.6. The largest absolute Gasteiger partial charge is 0.480 e. The molecular weight excluding hydrogens is 286 g/mol. The van der Waals surface area contributed by atoms with Gasteiger partial charge in [0, 0.05) is 12.6 Å². The van der Waals surface area contributed by atoms with E-state index in [0.717, 1.165) is 5.56 Å². The number of hydrogen-bond acceptors (Lipinski definition) is 4. The van der Waals surface area contributed by atoms with E-state index in [1.807, 2.05) is 13.8 Å². The Morgan fingerprint density at radius 3 is 2.73 bits per heavy atom. The Hall–Kier alpha value is -2.50. The van der Waals surface area contributed by atoms with Gasteiger partial charge >= 0.3 is 5.97 Å². The third-order valence-corrected chi connectivity index (χ3v) is 3.04. The Morgan fingerprint density at radius 2 is 2.05 bits per heavy atom. The third kappa shape index (κ3) is 4.25. The first kappa shape index (κ1) is 15.9. The molecule has 0 atom stereocenters. The Labute approximate surface area is 128 Å². The fourth-order valence-corrected chi connectivity index (χ4v) is 2.13. The van der Waals surface area contributed by atoms with E-state index in [-0.39, 0.29) is 25.2 Å². The van der Waals surface area contributed by atoms with E-state index < -0.39 is 5.97 Å². The van der Waals surface area contributed by atoms with Crippen LogP contribution in [0, 0.1) is 5.92 Å². The van der Waals surface area contributed by atoms with E-state index in [1.54, 1.807) is 24.3 Å².